The third-order valence-corrected chi connectivity index (χ3v) is 2.97. The summed E-state index contributed by atoms with van der Waals surface area (Å²) in [6, 6.07) is 5.75. The molecule has 0 spiro atoms. The average Bonchev–Trinajstić information content (AvgIpc) is 2.70. The molecule has 7 heteroatoms. The quantitative estimate of drug-likeness (QED) is 0.918. The molecule has 0 aliphatic heterocycles. The minimum absolute atomic E-state index is 0.225. The van der Waals surface area contributed by atoms with Crippen molar-refractivity contribution < 1.29 is 22.4 Å². The van der Waals surface area contributed by atoms with Gasteiger partial charge in [-0.15, -0.1) is 13.2 Å². The SMILES string of the molecule is Cc1noc(C)c1CNCc1ccc(OC(F)(F)F)cc1. The van der Waals surface area contributed by atoms with Crippen molar-refractivity contribution in [2.45, 2.75) is 33.3 Å². The van der Waals surface area contributed by atoms with E-state index in [-0.39, 0.29) is 5.75 Å². The van der Waals surface area contributed by atoms with Gasteiger partial charge in [-0.05, 0) is 31.5 Å². The molecule has 0 unspecified atom stereocenters. The fourth-order valence-electron chi connectivity index (χ4n) is 1.90. The summed E-state index contributed by atoms with van der Waals surface area (Å²) in [5.41, 5.74) is 2.68. The van der Waals surface area contributed by atoms with Gasteiger partial charge in [0, 0.05) is 18.7 Å². The molecule has 2 rings (SSSR count). The second-order valence-corrected chi connectivity index (χ2v) is 4.60. The average molecular weight is 300 g/mol. The number of nitrogens with one attached hydrogen (secondary N) is 1. The van der Waals surface area contributed by atoms with Crippen molar-refractivity contribution in [2.75, 3.05) is 0 Å². The van der Waals surface area contributed by atoms with Crippen molar-refractivity contribution in [1.29, 1.82) is 0 Å². The molecule has 0 radical (unpaired) electrons. The Bertz CT molecular complexity index is 572. The Morgan fingerprint density at radius 1 is 1.14 bits per heavy atom. The molecular formula is C14H15F3N2O2. The lowest BCUT2D eigenvalue weighted by Gasteiger charge is -2.09. The van der Waals surface area contributed by atoms with Crippen LogP contribution < -0.4 is 10.1 Å². The smallest absolute Gasteiger partial charge is 0.406 e. The predicted molar refractivity (Wildman–Crippen MR) is 69.6 cm³/mol. The van der Waals surface area contributed by atoms with E-state index >= 15 is 0 Å². The molecule has 0 aliphatic carbocycles. The molecule has 0 aliphatic rings. The highest BCUT2D eigenvalue weighted by molar-refractivity contribution is 5.27. The van der Waals surface area contributed by atoms with Gasteiger partial charge in [0.1, 0.15) is 11.5 Å². The number of aromatic nitrogens is 1. The van der Waals surface area contributed by atoms with Crippen LogP contribution in [0.4, 0.5) is 13.2 Å². The summed E-state index contributed by atoms with van der Waals surface area (Å²) in [4.78, 5) is 0. The minimum atomic E-state index is -4.66. The number of benzene rings is 1. The number of rotatable bonds is 5. The fourth-order valence-corrected chi connectivity index (χ4v) is 1.90. The summed E-state index contributed by atoms with van der Waals surface area (Å²) >= 11 is 0. The van der Waals surface area contributed by atoms with Crippen molar-refractivity contribution in [3.63, 3.8) is 0 Å². The Morgan fingerprint density at radius 3 is 2.33 bits per heavy atom. The van der Waals surface area contributed by atoms with Gasteiger partial charge in [-0.1, -0.05) is 17.3 Å². The van der Waals surface area contributed by atoms with Gasteiger partial charge in [0.05, 0.1) is 5.69 Å². The number of aryl methyl sites for hydroxylation is 2. The third kappa shape index (κ3) is 4.49. The van der Waals surface area contributed by atoms with E-state index in [4.69, 9.17) is 4.52 Å². The summed E-state index contributed by atoms with van der Waals surface area (Å²) in [6.45, 7) is 4.80. The Morgan fingerprint density at radius 2 is 1.81 bits per heavy atom. The molecule has 2 aromatic rings. The number of hydrogen-bond donors (Lipinski definition) is 1. The van der Waals surface area contributed by atoms with E-state index in [1.165, 1.54) is 12.1 Å². The summed E-state index contributed by atoms with van der Waals surface area (Å²) in [6.07, 6.45) is -4.66. The van der Waals surface area contributed by atoms with Crippen molar-refractivity contribution >= 4 is 0 Å². The van der Waals surface area contributed by atoms with Crippen LogP contribution in [0, 0.1) is 13.8 Å². The zero-order valence-corrected chi connectivity index (χ0v) is 11.6. The maximum atomic E-state index is 12.0. The third-order valence-electron chi connectivity index (χ3n) is 2.97. The first-order valence-corrected chi connectivity index (χ1v) is 6.32. The Labute approximate surface area is 119 Å². The summed E-state index contributed by atoms with van der Waals surface area (Å²) in [5.74, 6) is 0.533. The van der Waals surface area contributed by atoms with Gasteiger partial charge in [-0.25, -0.2) is 0 Å². The van der Waals surface area contributed by atoms with Crippen LogP contribution in [-0.2, 0) is 13.1 Å². The Hall–Kier alpha value is -2.02. The van der Waals surface area contributed by atoms with Crippen LogP contribution in [0.1, 0.15) is 22.6 Å². The topological polar surface area (TPSA) is 47.3 Å². The normalized spacial score (nSPS) is 11.7. The van der Waals surface area contributed by atoms with E-state index in [0.29, 0.717) is 13.1 Å². The lowest BCUT2D eigenvalue weighted by molar-refractivity contribution is -0.274. The lowest BCUT2D eigenvalue weighted by Crippen LogP contribution is -2.17. The molecule has 1 aromatic carbocycles. The molecule has 0 fully saturated rings. The van der Waals surface area contributed by atoms with Crippen LogP contribution in [0.25, 0.3) is 0 Å². The molecular weight excluding hydrogens is 285 g/mol. The molecule has 1 N–H and O–H groups in total. The van der Waals surface area contributed by atoms with Gasteiger partial charge in [0.2, 0.25) is 0 Å². The molecule has 0 saturated heterocycles. The maximum absolute atomic E-state index is 12.0. The molecule has 0 bridgehead atoms. The largest absolute Gasteiger partial charge is 0.573 e. The maximum Gasteiger partial charge on any atom is 0.573 e. The van der Waals surface area contributed by atoms with Crippen LogP contribution in [0.3, 0.4) is 0 Å². The van der Waals surface area contributed by atoms with Crippen molar-refractivity contribution in [2.24, 2.45) is 0 Å². The Balaban J connectivity index is 1.87. The first-order chi connectivity index (χ1) is 9.85. The standard InChI is InChI=1S/C14H15F3N2O2/c1-9-13(10(2)21-19-9)8-18-7-11-3-5-12(6-4-11)20-14(15,16)17/h3-6,18H,7-8H2,1-2H3. The molecule has 0 atom stereocenters. The highest BCUT2D eigenvalue weighted by atomic mass is 19.4. The summed E-state index contributed by atoms with van der Waals surface area (Å²) in [7, 11) is 0. The van der Waals surface area contributed by atoms with Crippen LogP contribution in [-0.4, -0.2) is 11.5 Å². The van der Waals surface area contributed by atoms with E-state index in [1.54, 1.807) is 12.1 Å². The monoisotopic (exact) mass is 300 g/mol. The summed E-state index contributed by atoms with van der Waals surface area (Å²) < 4.78 is 44.9. The van der Waals surface area contributed by atoms with E-state index < -0.39 is 6.36 Å². The van der Waals surface area contributed by atoms with Gasteiger partial charge < -0.3 is 14.6 Å². The van der Waals surface area contributed by atoms with Gasteiger partial charge in [0.15, 0.2) is 0 Å². The van der Waals surface area contributed by atoms with Crippen LogP contribution in [0.5, 0.6) is 5.75 Å². The van der Waals surface area contributed by atoms with Gasteiger partial charge in [-0.2, -0.15) is 0 Å². The van der Waals surface area contributed by atoms with Gasteiger partial charge in [0.25, 0.3) is 0 Å². The van der Waals surface area contributed by atoms with Gasteiger partial charge in [-0.3, -0.25) is 0 Å². The van der Waals surface area contributed by atoms with Gasteiger partial charge >= 0.3 is 6.36 Å². The number of halogens is 3. The van der Waals surface area contributed by atoms with Crippen LogP contribution in [0.2, 0.25) is 0 Å². The molecule has 0 saturated carbocycles. The second kappa shape index (κ2) is 6.17. The van der Waals surface area contributed by atoms with Crippen molar-refractivity contribution in [3.8, 4) is 5.75 Å². The van der Waals surface area contributed by atoms with Crippen LogP contribution in [0.15, 0.2) is 28.8 Å². The Kier molecular flexibility index (Phi) is 4.52. The highest BCUT2D eigenvalue weighted by Crippen LogP contribution is 2.22. The first-order valence-electron chi connectivity index (χ1n) is 6.32. The highest BCUT2D eigenvalue weighted by Gasteiger charge is 2.30. The molecule has 114 valence electrons. The van der Waals surface area contributed by atoms with E-state index in [2.05, 4.69) is 15.2 Å². The number of alkyl halides is 3. The van der Waals surface area contributed by atoms with Crippen LogP contribution >= 0.6 is 0 Å². The molecule has 4 nitrogen and oxygen atoms in total. The van der Waals surface area contributed by atoms with E-state index in [1.807, 2.05) is 13.8 Å². The lowest BCUT2D eigenvalue weighted by atomic mass is 10.2. The number of nitrogens with zero attached hydrogens (tertiary/aromatic N) is 1. The number of hydrogen-bond acceptors (Lipinski definition) is 4. The first kappa shape index (κ1) is 15.4. The van der Waals surface area contributed by atoms with E-state index in [9.17, 15) is 13.2 Å². The van der Waals surface area contributed by atoms with E-state index in [0.717, 1.165) is 22.6 Å². The number of ether oxygens (including phenoxy) is 1. The molecule has 21 heavy (non-hydrogen) atoms. The molecule has 1 aromatic heterocycles. The molecule has 0 amide bonds. The minimum Gasteiger partial charge on any atom is -0.406 e. The summed E-state index contributed by atoms with van der Waals surface area (Å²) in [5, 5.41) is 7.04. The zero-order chi connectivity index (χ0) is 15.5. The predicted octanol–water partition coefficient (Wildman–Crippen LogP) is 3.48. The second-order valence-electron chi connectivity index (χ2n) is 4.60. The van der Waals surface area contributed by atoms with Crippen molar-refractivity contribution in [3.05, 3.63) is 46.8 Å². The zero-order valence-electron chi connectivity index (χ0n) is 11.6. The fraction of sp³-hybridized carbons (Fsp3) is 0.357. The van der Waals surface area contributed by atoms with Crippen molar-refractivity contribution in [1.82, 2.24) is 10.5 Å². The molecule has 1 heterocycles.